The van der Waals surface area contributed by atoms with E-state index in [2.05, 4.69) is 31.7 Å². The minimum Gasteiger partial charge on any atom is -0.494 e. The molecule has 236 valence electrons. The molecular formula is C34H36N8O4. The van der Waals surface area contributed by atoms with Gasteiger partial charge in [0, 0.05) is 54.9 Å². The van der Waals surface area contributed by atoms with E-state index in [4.69, 9.17) is 20.4 Å². The Bertz CT molecular complexity index is 2010. The van der Waals surface area contributed by atoms with E-state index in [0.717, 1.165) is 58.7 Å². The number of carbonyl (C=O) groups excluding carboxylic acids is 2. The van der Waals surface area contributed by atoms with E-state index in [-0.39, 0.29) is 18.0 Å². The highest BCUT2D eigenvalue weighted by Crippen LogP contribution is 2.40. The summed E-state index contributed by atoms with van der Waals surface area (Å²) in [5.74, 6) is 2.73. The second-order valence-electron chi connectivity index (χ2n) is 12.7. The summed E-state index contributed by atoms with van der Waals surface area (Å²) in [6.45, 7) is 1.54. The van der Waals surface area contributed by atoms with Gasteiger partial charge >= 0.3 is 6.09 Å². The van der Waals surface area contributed by atoms with Crippen LogP contribution in [-0.2, 0) is 18.3 Å². The van der Waals surface area contributed by atoms with Crippen LogP contribution >= 0.6 is 0 Å². The zero-order valence-electron chi connectivity index (χ0n) is 26.1. The summed E-state index contributed by atoms with van der Waals surface area (Å²) in [5, 5.41) is 3.58. The van der Waals surface area contributed by atoms with Crippen molar-refractivity contribution in [3.8, 4) is 28.5 Å². The van der Waals surface area contributed by atoms with Crippen LogP contribution in [0.3, 0.4) is 0 Å². The predicted octanol–water partition coefficient (Wildman–Crippen LogP) is 4.81. The molecular weight excluding hydrogens is 584 g/mol. The molecule has 0 spiro atoms. The second kappa shape index (κ2) is 10.8. The average molecular weight is 621 g/mol. The van der Waals surface area contributed by atoms with Gasteiger partial charge in [0.1, 0.15) is 22.7 Å². The molecule has 2 amide bonds. The van der Waals surface area contributed by atoms with Crippen molar-refractivity contribution in [1.29, 1.82) is 0 Å². The van der Waals surface area contributed by atoms with Crippen LogP contribution in [0.25, 0.3) is 44.8 Å². The lowest BCUT2D eigenvalue weighted by atomic mass is 10.1. The van der Waals surface area contributed by atoms with Crippen LogP contribution in [0.5, 0.6) is 5.75 Å². The number of hydrogen-bond donors (Lipinski definition) is 2. The van der Waals surface area contributed by atoms with E-state index >= 15 is 0 Å². The van der Waals surface area contributed by atoms with E-state index in [1.807, 2.05) is 40.8 Å². The number of methoxy groups -OCH3 is 2. The largest absolute Gasteiger partial charge is 0.494 e. The molecule has 2 bridgehead atoms. The highest BCUT2D eigenvalue weighted by atomic mass is 16.5. The second-order valence-corrected chi connectivity index (χ2v) is 12.7. The van der Waals surface area contributed by atoms with Gasteiger partial charge in [0.05, 0.1) is 31.1 Å². The van der Waals surface area contributed by atoms with Crippen molar-refractivity contribution in [3.63, 3.8) is 0 Å². The first kappa shape index (κ1) is 28.5. The highest BCUT2D eigenvalue weighted by molar-refractivity contribution is 6.00. The molecule has 0 radical (unpaired) electrons. The molecule has 46 heavy (non-hydrogen) atoms. The molecule has 1 aromatic carbocycles. The van der Waals surface area contributed by atoms with E-state index in [9.17, 15) is 9.59 Å². The minimum absolute atomic E-state index is 0.0155. The number of anilines is 1. The fraction of sp³-hybridized carbons (Fsp3) is 0.382. The number of nitrogens with one attached hydrogen (secondary N) is 1. The molecule has 12 heteroatoms. The Kier molecular flexibility index (Phi) is 6.71. The third kappa shape index (κ3) is 4.66. The number of nitrogens with two attached hydrogens (primary N) is 1. The predicted molar refractivity (Wildman–Crippen MR) is 173 cm³/mol. The van der Waals surface area contributed by atoms with Crippen molar-refractivity contribution in [2.75, 3.05) is 26.1 Å². The van der Waals surface area contributed by atoms with Crippen molar-refractivity contribution in [1.82, 2.24) is 29.0 Å². The Hall–Kier alpha value is -4.97. The van der Waals surface area contributed by atoms with Crippen molar-refractivity contribution >= 4 is 39.9 Å². The van der Waals surface area contributed by atoms with Gasteiger partial charge in [-0.15, -0.1) is 0 Å². The van der Waals surface area contributed by atoms with Crippen molar-refractivity contribution in [2.45, 2.75) is 44.3 Å². The molecule has 2 unspecified atom stereocenters. The van der Waals surface area contributed by atoms with Gasteiger partial charge in [-0.05, 0) is 80.0 Å². The Morgan fingerprint density at radius 2 is 1.89 bits per heavy atom. The molecule has 3 fully saturated rings. The number of amides is 2. The Labute approximate surface area is 265 Å². The topological polar surface area (TPSA) is 142 Å². The number of hydrogen-bond acceptors (Lipinski definition) is 8. The quantitative estimate of drug-likeness (QED) is 0.264. The third-order valence-corrected chi connectivity index (χ3v) is 9.90. The molecule has 12 nitrogen and oxygen atoms in total. The summed E-state index contributed by atoms with van der Waals surface area (Å²) < 4.78 is 14.8. The number of ether oxygens (including phenoxy) is 2. The number of carbonyl (C=O) groups is 2. The molecule has 8 rings (SSSR count). The van der Waals surface area contributed by atoms with Gasteiger partial charge in [0.15, 0.2) is 5.82 Å². The van der Waals surface area contributed by atoms with Gasteiger partial charge in [0.2, 0.25) is 0 Å². The van der Waals surface area contributed by atoms with Crippen LogP contribution in [-0.4, -0.2) is 73.8 Å². The number of piperidine rings is 1. The first-order valence-corrected chi connectivity index (χ1v) is 15.8. The van der Waals surface area contributed by atoms with E-state index < -0.39 is 6.09 Å². The molecule has 2 aliphatic carbocycles. The van der Waals surface area contributed by atoms with Crippen LogP contribution in [0, 0.1) is 11.8 Å². The minimum atomic E-state index is -0.573. The Morgan fingerprint density at radius 1 is 1.04 bits per heavy atom. The lowest BCUT2D eigenvalue weighted by molar-refractivity contribution is 0.0700. The number of likely N-dealkylation sites (tertiary alicyclic amines) is 1. The maximum absolute atomic E-state index is 13.7. The van der Waals surface area contributed by atoms with Gasteiger partial charge < -0.3 is 29.2 Å². The lowest BCUT2D eigenvalue weighted by Gasteiger charge is -2.27. The van der Waals surface area contributed by atoms with E-state index in [1.54, 1.807) is 19.4 Å². The fourth-order valence-corrected chi connectivity index (χ4v) is 7.26. The van der Waals surface area contributed by atoms with Crippen LogP contribution in [0.4, 0.5) is 10.6 Å². The highest BCUT2D eigenvalue weighted by Gasteiger charge is 2.47. The van der Waals surface area contributed by atoms with Gasteiger partial charge in [-0.3, -0.25) is 10.1 Å². The summed E-state index contributed by atoms with van der Waals surface area (Å²) in [6, 6.07) is 13.7. The van der Waals surface area contributed by atoms with Crippen LogP contribution in [0.1, 0.15) is 36.0 Å². The number of imidazole rings is 1. The van der Waals surface area contributed by atoms with Crippen LogP contribution < -0.4 is 15.8 Å². The average Bonchev–Trinajstić information content (AvgIpc) is 3.48. The van der Waals surface area contributed by atoms with Crippen molar-refractivity contribution in [3.05, 3.63) is 54.2 Å². The van der Waals surface area contributed by atoms with Gasteiger partial charge in [-0.2, -0.15) is 0 Å². The summed E-state index contributed by atoms with van der Waals surface area (Å²) in [4.78, 5) is 41.8. The Morgan fingerprint density at radius 3 is 2.57 bits per heavy atom. The van der Waals surface area contributed by atoms with E-state index in [1.165, 1.54) is 20.0 Å². The van der Waals surface area contributed by atoms with E-state index in [0.29, 0.717) is 41.0 Å². The monoisotopic (exact) mass is 620 g/mol. The number of fused-ring (bicyclic) bond motifs is 4. The maximum Gasteiger partial charge on any atom is 0.412 e. The SMILES string of the molecule is COC(=O)Nc1ccc(-c2ccc3cc(-c4nc5cc(C(=O)N6CC7CCC6[C@@H]7N)cc(OC)c5n4C)n(CC4CC4)c3n2)cn1. The smallest absolute Gasteiger partial charge is 0.412 e. The number of aryl methyl sites for hydroxylation is 1. The molecule has 1 saturated heterocycles. The molecule has 3 atom stereocenters. The molecule has 3 N–H and O–H groups in total. The molecule has 3 aliphatic rings. The molecule has 1 aliphatic heterocycles. The van der Waals surface area contributed by atoms with Crippen LogP contribution in [0.2, 0.25) is 0 Å². The number of rotatable bonds is 7. The number of nitrogens with zero attached hydrogens (tertiary/aromatic N) is 6. The molecule has 5 heterocycles. The van der Waals surface area contributed by atoms with Gasteiger partial charge in [-0.1, -0.05) is 0 Å². The summed E-state index contributed by atoms with van der Waals surface area (Å²) >= 11 is 0. The van der Waals surface area contributed by atoms with Crippen LogP contribution in [0.15, 0.2) is 48.7 Å². The van der Waals surface area contributed by atoms with Crippen molar-refractivity contribution < 1.29 is 19.1 Å². The van der Waals surface area contributed by atoms with Crippen molar-refractivity contribution in [2.24, 2.45) is 24.6 Å². The third-order valence-electron chi connectivity index (χ3n) is 9.90. The number of pyridine rings is 2. The normalized spacial score (nSPS) is 20.5. The van der Waals surface area contributed by atoms with Gasteiger partial charge in [0.25, 0.3) is 5.91 Å². The zero-order chi connectivity index (χ0) is 31.7. The summed E-state index contributed by atoms with van der Waals surface area (Å²) in [5.41, 5.74) is 11.9. The lowest BCUT2D eigenvalue weighted by Crippen LogP contribution is -2.41. The fourth-order valence-electron chi connectivity index (χ4n) is 7.26. The summed E-state index contributed by atoms with van der Waals surface area (Å²) in [6.07, 6.45) is 5.52. The Balaban J connectivity index is 1.19. The number of benzene rings is 1. The van der Waals surface area contributed by atoms with Gasteiger partial charge in [-0.25, -0.2) is 19.7 Å². The molecule has 5 aromatic rings. The standard InChI is InChI=1S/C34H36N8O4/c1-40-30-24(12-22(14-27(30)45-2)33(43)42-17-21-7-10-25(42)29(21)35)38-32(40)26-13-19-6-9-23(37-31(19)41(26)16-18-4-5-18)20-8-11-28(36-15-20)39-34(44)46-3/h6,8-9,11-15,18,21,25,29H,4-5,7,10,16-17,35H2,1-3H3,(H,36,39,44)/t21?,25?,29-/m1/s1. The molecule has 2 saturated carbocycles. The number of aromatic nitrogens is 5. The summed E-state index contributed by atoms with van der Waals surface area (Å²) in [7, 11) is 4.93. The zero-order valence-corrected chi connectivity index (χ0v) is 26.1. The maximum atomic E-state index is 13.7. The first-order chi connectivity index (χ1) is 22.3. The first-order valence-electron chi connectivity index (χ1n) is 15.8. The molecule has 4 aromatic heterocycles.